The zero-order chi connectivity index (χ0) is 21.5. The molecule has 1 N–H and O–H groups in total. The summed E-state index contributed by atoms with van der Waals surface area (Å²) in [5, 5.41) is 9.93. The van der Waals surface area contributed by atoms with Crippen LogP contribution >= 0.6 is 23.4 Å². The summed E-state index contributed by atoms with van der Waals surface area (Å²) < 4.78 is 17.4. The van der Waals surface area contributed by atoms with E-state index < -0.39 is 6.61 Å². The van der Waals surface area contributed by atoms with E-state index in [9.17, 15) is 4.79 Å². The van der Waals surface area contributed by atoms with Crippen LogP contribution in [0.3, 0.4) is 0 Å². The number of furan rings is 1. The Morgan fingerprint density at radius 3 is 2.73 bits per heavy atom. The molecule has 0 saturated heterocycles. The third-order valence-electron chi connectivity index (χ3n) is 4.74. The topological polar surface area (TPSA) is 68.9 Å². The maximum absolute atomic E-state index is 11.4. The number of ether oxygens (including phenoxy) is 2. The number of carbonyl (C=O) groups is 1. The number of fused-ring (bicyclic) bond motifs is 1. The number of carbonyl (C=O) groups excluding carboxylic acids is 1. The van der Waals surface area contributed by atoms with Crippen molar-refractivity contribution in [3.63, 3.8) is 0 Å². The van der Waals surface area contributed by atoms with Crippen LogP contribution < -0.4 is 9.47 Å². The average Bonchev–Trinajstić information content (AvgIpc) is 3.15. The minimum atomic E-state index is -0.415. The highest BCUT2D eigenvalue weighted by molar-refractivity contribution is 7.99. The maximum Gasteiger partial charge on any atom is 0.161 e. The first-order valence-electron chi connectivity index (χ1n) is 9.70. The number of Topliss-reactive ketones (excluding diaryl/α,β-unsaturated/α-hetero) is 1. The quantitative estimate of drug-likeness (QED) is 0.243. The van der Waals surface area contributed by atoms with E-state index in [1.54, 1.807) is 18.9 Å². The Morgan fingerprint density at radius 1 is 1.20 bits per heavy atom. The van der Waals surface area contributed by atoms with Gasteiger partial charge in [-0.05, 0) is 55.0 Å². The Bertz CT molecular complexity index is 1010. The van der Waals surface area contributed by atoms with Gasteiger partial charge in [0.05, 0.1) is 18.6 Å². The van der Waals surface area contributed by atoms with E-state index in [1.807, 2.05) is 36.6 Å². The van der Waals surface area contributed by atoms with E-state index in [-0.39, 0.29) is 5.78 Å². The molecule has 1 heterocycles. The number of halogens is 1. The fourth-order valence-corrected chi connectivity index (χ4v) is 4.03. The van der Waals surface area contributed by atoms with Crippen LogP contribution in [-0.4, -0.2) is 43.3 Å². The lowest BCUT2D eigenvalue weighted by Crippen LogP contribution is -2.04. The number of alkyl halides is 1. The molecule has 0 amide bonds. The molecule has 0 atom stereocenters. The average molecular weight is 449 g/mol. The summed E-state index contributed by atoms with van der Waals surface area (Å²) in [5.41, 5.74) is 2.72. The molecule has 3 aromatic rings. The van der Waals surface area contributed by atoms with Gasteiger partial charge in [-0.2, -0.15) is 0 Å². The van der Waals surface area contributed by atoms with E-state index >= 15 is 0 Å². The zero-order valence-corrected chi connectivity index (χ0v) is 18.6. The number of hydrogen-bond donors (Lipinski definition) is 1. The number of aryl methyl sites for hydroxylation is 1. The van der Waals surface area contributed by atoms with E-state index in [4.69, 9.17) is 30.6 Å². The fraction of sp³-hybridized carbons (Fsp3) is 0.348. The smallest absolute Gasteiger partial charge is 0.161 e. The van der Waals surface area contributed by atoms with Gasteiger partial charge in [0.1, 0.15) is 18.0 Å². The number of benzene rings is 2. The highest BCUT2D eigenvalue weighted by Gasteiger charge is 2.18. The van der Waals surface area contributed by atoms with E-state index in [0.29, 0.717) is 36.8 Å². The van der Waals surface area contributed by atoms with Crippen molar-refractivity contribution in [3.05, 3.63) is 42.0 Å². The van der Waals surface area contributed by atoms with Crippen LogP contribution in [0, 0.1) is 0 Å². The fourth-order valence-electron chi connectivity index (χ4n) is 3.20. The summed E-state index contributed by atoms with van der Waals surface area (Å²) in [6.07, 6.45) is 3.69. The van der Waals surface area contributed by atoms with Crippen molar-refractivity contribution in [3.8, 4) is 22.8 Å². The minimum absolute atomic E-state index is 0.159. The summed E-state index contributed by atoms with van der Waals surface area (Å²) in [5.74, 6) is 2.47. The Labute approximate surface area is 185 Å². The van der Waals surface area contributed by atoms with Crippen molar-refractivity contribution >= 4 is 40.1 Å². The van der Waals surface area contributed by atoms with Crippen LogP contribution in [0.15, 0.2) is 45.7 Å². The number of thioether (sulfide) groups is 1. The van der Waals surface area contributed by atoms with Crippen molar-refractivity contribution in [2.45, 2.75) is 24.2 Å². The number of rotatable bonds is 11. The third kappa shape index (κ3) is 5.12. The molecule has 160 valence electrons. The van der Waals surface area contributed by atoms with Gasteiger partial charge in [-0.1, -0.05) is 6.07 Å². The Balaban J connectivity index is 1.94. The van der Waals surface area contributed by atoms with Crippen LogP contribution in [0.1, 0.15) is 18.4 Å². The Hall–Kier alpha value is -2.15. The number of aliphatic hydroxyl groups is 1. The summed E-state index contributed by atoms with van der Waals surface area (Å²) in [4.78, 5) is 12.5. The van der Waals surface area contributed by atoms with Crippen LogP contribution in [-0.2, 0) is 11.2 Å². The lowest BCUT2D eigenvalue weighted by Gasteiger charge is -2.11. The SMILES string of the molecule is COc1cc(-c2oc3ccc(CCC(=O)CO)cc3c2SC)ccc1OCCCCl. The molecule has 5 nitrogen and oxygen atoms in total. The van der Waals surface area contributed by atoms with Gasteiger partial charge in [-0.15, -0.1) is 23.4 Å². The van der Waals surface area contributed by atoms with Gasteiger partial charge in [-0.3, -0.25) is 4.79 Å². The zero-order valence-electron chi connectivity index (χ0n) is 17.1. The second kappa shape index (κ2) is 10.8. The molecule has 0 unspecified atom stereocenters. The normalized spacial score (nSPS) is 11.1. The van der Waals surface area contributed by atoms with Gasteiger partial charge in [0.2, 0.25) is 0 Å². The van der Waals surface area contributed by atoms with Gasteiger partial charge in [0.25, 0.3) is 0 Å². The van der Waals surface area contributed by atoms with E-state index in [1.165, 1.54) is 0 Å². The summed E-state index contributed by atoms with van der Waals surface area (Å²) >= 11 is 7.33. The molecule has 1 aromatic heterocycles. The Kier molecular flexibility index (Phi) is 8.08. The first-order valence-corrected chi connectivity index (χ1v) is 11.5. The lowest BCUT2D eigenvalue weighted by atomic mass is 10.1. The second-order valence-electron chi connectivity index (χ2n) is 6.75. The standard InChI is InChI=1S/C23H25ClO5S/c1-27-21-13-16(6-9-20(21)28-11-3-10-24)22-23(30-2)18-12-15(4-7-17(26)14-25)5-8-19(18)29-22/h5-6,8-9,12-13,25H,3-4,7,10-11,14H2,1-2H3. The van der Waals surface area contributed by atoms with Crippen LogP contribution in [0.2, 0.25) is 0 Å². The number of hydrogen-bond acceptors (Lipinski definition) is 6. The second-order valence-corrected chi connectivity index (χ2v) is 7.94. The van der Waals surface area contributed by atoms with Crippen LogP contribution in [0.5, 0.6) is 11.5 Å². The van der Waals surface area contributed by atoms with Crippen LogP contribution in [0.4, 0.5) is 0 Å². The molecule has 0 bridgehead atoms. The van der Waals surface area contributed by atoms with E-state index in [2.05, 4.69) is 6.07 Å². The van der Waals surface area contributed by atoms with Gasteiger partial charge < -0.3 is 19.0 Å². The molecule has 0 aliphatic heterocycles. The summed E-state index contributed by atoms with van der Waals surface area (Å²) in [6.45, 7) is 0.114. The molecular formula is C23H25ClO5S. The predicted molar refractivity (Wildman–Crippen MR) is 121 cm³/mol. The Morgan fingerprint density at radius 2 is 2.03 bits per heavy atom. The van der Waals surface area contributed by atoms with Crippen molar-refractivity contribution < 1.29 is 23.8 Å². The van der Waals surface area contributed by atoms with Crippen molar-refractivity contribution in [1.82, 2.24) is 0 Å². The molecule has 3 rings (SSSR count). The molecule has 0 spiro atoms. The molecule has 2 aromatic carbocycles. The number of ketones is 1. The molecule has 0 aliphatic rings. The molecule has 30 heavy (non-hydrogen) atoms. The molecule has 0 saturated carbocycles. The largest absolute Gasteiger partial charge is 0.493 e. The van der Waals surface area contributed by atoms with Gasteiger partial charge >= 0.3 is 0 Å². The van der Waals surface area contributed by atoms with Crippen molar-refractivity contribution in [2.75, 3.05) is 32.5 Å². The molecular weight excluding hydrogens is 424 g/mol. The molecule has 0 radical (unpaired) electrons. The first kappa shape index (κ1) is 22.5. The lowest BCUT2D eigenvalue weighted by molar-refractivity contribution is -0.121. The maximum atomic E-state index is 11.4. The van der Waals surface area contributed by atoms with E-state index in [0.717, 1.165) is 39.2 Å². The molecule has 7 heteroatoms. The minimum Gasteiger partial charge on any atom is -0.493 e. The first-order chi connectivity index (χ1) is 14.6. The van der Waals surface area contributed by atoms with Crippen molar-refractivity contribution in [1.29, 1.82) is 0 Å². The summed E-state index contributed by atoms with van der Waals surface area (Å²) in [7, 11) is 1.61. The number of aliphatic hydroxyl groups excluding tert-OH is 1. The summed E-state index contributed by atoms with van der Waals surface area (Å²) in [6, 6.07) is 11.7. The van der Waals surface area contributed by atoms with Gasteiger partial charge in [0, 0.05) is 23.3 Å². The van der Waals surface area contributed by atoms with Gasteiger partial charge in [0.15, 0.2) is 17.3 Å². The molecule has 0 aliphatic carbocycles. The highest BCUT2D eigenvalue weighted by atomic mass is 35.5. The number of methoxy groups -OCH3 is 1. The predicted octanol–water partition coefficient (Wildman–Crippen LogP) is 5.33. The monoisotopic (exact) mass is 448 g/mol. The van der Waals surface area contributed by atoms with Crippen molar-refractivity contribution in [2.24, 2.45) is 0 Å². The van der Waals surface area contributed by atoms with Gasteiger partial charge in [-0.25, -0.2) is 0 Å². The molecule has 0 fully saturated rings. The van der Waals surface area contributed by atoms with Crippen LogP contribution in [0.25, 0.3) is 22.3 Å². The highest BCUT2D eigenvalue weighted by Crippen LogP contribution is 2.42. The third-order valence-corrected chi connectivity index (χ3v) is 5.82.